The van der Waals surface area contributed by atoms with Crippen molar-refractivity contribution in [1.82, 2.24) is 9.62 Å². The lowest BCUT2D eigenvalue weighted by molar-refractivity contribution is 0.251. The van der Waals surface area contributed by atoms with Crippen molar-refractivity contribution in [3.63, 3.8) is 0 Å². The second-order valence-corrected chi connectivity index (χ2v) is 8.49. The van der Waals surface area contributed by atoms with Crippen molar-refractivity contribution in [2.75, 3.05) is 19.4 Å². The van der Waals surface area contributed by atoms with E-state index in [9.17, 15) is 22.0 Å². The molecule has 2 N–H and O–H groups in total. The van der Waals surface area contributed by atoms with Crippen molar-refractivity contribution in [2.24, 2.45) is 0 Å². The molecule has 0 saturated carbocycles. The number of nitrogens with one attached hydrogen (secondary N) is 2. The van der Waals surface area contributed by atoms with Crippen LogP contribution in [0.1, 0.15) is 4.88 Å². The van der Waals surface area contributed by atoms with Gasteiger partial charge in [0.25, 0.3) is 10.0 Å². The summed E-state index contributed by atoms with van der Waals surface area (Å²) in [5.41, 5.74) is -0.157. The maximum atomic E-state index is 13.4. The summed E-state index contributed by atoms with van der Waals surface area (Å²) in [4.78, 5) is 12.3. The van der Waals surface area contributed by atoms with Crippen molar-refractivity contribution in [3.8, 4) is 0 Å². The van der Waals surface area contributed by atoms with Crippen molar-refractivity contribution in [1.29, 1.82) is 0 Å². The Morgan fingerprint density at radius 1 is 1.21 bits per heavy atom. The summed E-state index contributed by atoms with van der Waals surface area (Å²) in [5, 5.41) is 4.72. The number of halogens is 2. The highest BCUT2D eigenvalue weighted by Gasteiger charge is 2.19. The minimum Gasteiger partial charge on any atom is -0.333 e. The zero-order chi connectivity index (χ0) is 17.9. The van der Waals surface area contributed by atoms with Crippen molar-refractivity contribution in [2.45, 2.75) is 10.8 Å². The van der Waals surface area contributed by atoms with Gasteiger partial charge in [0.15, 0.2) is 0 Å². The molecule has 24 heavy (non-hydrogen) atoms. The largest absolute Gasteiger partial charge is 0.333 e. The molecule has 0 bridgehead atoms. The number of carbonyl (C=O) groups excluding carboxylic acids is 1. The monoisotopic (exact) mass is 375 g/mol. The first kappa shape index (κ1) is 18.3. The first-order chi connectivity index (χ1) is 11.2. The Kier molecular flexibility index (Phi) is 5.52. The number of benzene rings is 1. The molecular weight excluding hydrogens is 360 g/mol. The number of nitrogens with zero attached hydrogens (tertiary/aromatic N) is 1. The smallest absolute Gasteiger partial charge is 0.319 e. The van der Waals surface area contributed by atoms with E-state index in [2.05, 4.69) is 10.6 Å². The second-order valence-electron chi connectivity index (χ2n) is 4.94. The number of anilines is 1. The number of urea groups is 1. The summed E-state index contributed by atoms with van der Waals surface area (Å²) in [5.74, 6) is -1.63. The van der Waals surface area contributed by atoms with Crippen LogP contribution in [0.4, 0.5) is 19.3 Å². The van der Waals surface area contributed by atoms with E-state index >= 15 is 0 Å². The lowest BCUT2D eigenvalue weighted by atomic mass is 10.3. The fourth-order valence-electron chi connectivity index (χ4n) is 1.70. The van der Waals surface area contributed by atoms with E-state index in [0.717, 1.165) is 27.8 Å². The van der Waals surface area contributed by atoms with Crippen LogP contribution in [-0.4, -0.2) is 32.8 Å². The summed E-state index contributed by atoms with van der Waals surface area (Å²) >= 11 is 1.03. The van der Waals surface area contributed by atoms with Gasteiger partial charge in [0, 0.05) is 25.0 Å². The first-order valence-corrected chi connectivity index (χ1v) is 8.97. The standard InChI is InChI=1S/C14H15F2N3O3S2/c1-19(2)24(21,22)13-6-4-10(23-13)8-17-14(20)18-12-5-3-9(15)7-11(12)16/h3-7H,8H2,1-2H3,(H2,17,18,20). The van der Waals surface area contributed by atoms with Gasteiger partial charge in [-0.2, -0.15) is 0 Å². The predicted molar refractivity (Wildman–Crippen MR) is 87.4 cm³/mol. The van der Waals surface area contributed by atoms with Crippen LogP contribution in [0.5, 0.6) is 0 Å². The van der Waals surface area contributed by atoms with Crippen LogP contribution in [0.15, 0.2) is 34.5 Å². The number of amides is 2. The summed E-state index contributed by atoms with van der Waals surface area (Å²) in [6.07, 6.45) is 0. The highest BCUT2D eigenvalue weighted by Crippen LogP contribution is 2.23. The molecule has 0 saturated heterocycles. The van der Waals surface area contributed by atoms with Gasteiger partial charge in [-0.05, 0) is 24.3 Å². The molecule has 2 amide bonds. The summed E-state index contributed by atoms with van der Waals surface area (Å²) < 4.78 is 51.4. The average Bonchev–Trinajstić information content (AvgIpc) is 2.97. The van der Waals surface area contributed by atoms with Crippen molar-refractivity contribution >= 4 is 33.1 Å². The maximum absolute atomic E-state index is 13.4. The molecule has 130 valence electrons. The van der Waals surface area contributed by atoms with Crippen LogP contribution >= 0.6 is 11.3 Å². The van der Waals surface area contributed by atoms with E-state index in [1.54, 1.807) is 6.07 Å². The summed E-state index contributed by atoms with van der Waals surface area (Å²) in [7, 11) is -0.658. The third-order valence-electron chi connectivity index (χ3n) is 2.97. The van der Waals surface area contributed by atoms with Crippen LogP contribution in [0.25, 0.3) is 0 Å². The number of rotatable bonds is 5. The van der Waals surface area contributed by atoms with Gasteiger partial charge in [0.05, 0.1) is 12.2 Å². The molecule has 0 aliphatic rings. The molecule has 0 radical (unpaired) electrons. The molecule has 0 atom stereocenters. The van der Waals surface area contributed by atoms with E-state index in [-0.39, 0.29) is 16.4 Å². The van der Waals surface area contributed by atoms with Gasteiger partial charge in [-0.15, -0.1) is 11.3 Å². The number of sulfonamides is 1. The highest BCUT2D eigenvalue weighted by atomic mass is 32.2. The number of thiophene rings is 1. The molecular formula is C14H15F2N3O3S2. The second kappa shape index (κ2) is 7.24. The Balaban J connectivity index is 1.96. The third-order valence-corrected chi connectivity index (χ3v) is 6.34. The lowest BCUT2D eigenvalue weighted by Crippen LogP contribution is -2.28. The van der Waals surface area contributed by atoms with Gasteiger partial charge < -0.3 is 10.6 Å². The van der Waals surface area contributed by atoms with Crippen molar-refractivity contribution < 1.29 is 22.0 Å². The Hall–Kier alpha value is -2.04. The van der Waals surface area contributed by atoms with Gasteiger partial charge in [0.2, 0.25) is 0 Å². The average molecular weight is 375 g/mol. The quantitative estimate of drug-likeness (QED) is 0.843. The molecule has 2 rings (SSSR count). The topological polar surface area (TPSA) is 78.5 Å². The van der Waals surface area contributed by atoms with Gasteiger partial charge in [-0.1, -0.05) is 0 Å². The predicted octanol–water partition coefficient (Wildman–Crippen LogP) is 2.60. The molecule has 6 nitrogen and oxygen atoms in total. The zero-order valence-corrected chi connectivity index (χ0v) is 14.5. The minimum atomic E-state index is -3.51. The van der Waals surface area contributed by atoms with Gasteiger partial charge in [-0.25, -0.2) is 26.3 Å². The molecule has 0 aliphatic carbocycles. The molecule has 1 aromatic heterocycles. The van der Waals surface area contributed by atoms with E-state index < -0.39 is 27.7 Å². The van der Waals surface area contributed by atoms with Crippen LogP contribution in [0.3, 0.4) is 0 Å². The molecule has 0 fully saturated rings. The fraction of sp³-hybridized carbons (Fsp3) is 0.214. The SMILES string of the molecule is CN(C)S(=O)(=O)c1ccc(CNC(=O)Nc2ccc(F)cc2F)s1. The Morgan fingerprint density at radius 2 is 1.92 bits per heavy atom. The van der Waals surface area contributed by atoms with E-state index in [0.29, 0.717) is 10.9 Å². The zero-order valence-electron chi connectivity index (χ0n) is 12.8. The Morgan fingerprint density at radius 3 is 2.54 bits per heavy atom. The Labute approximate surface area is 142 Å². The van der Waals surface area contributed by atoms with Crippen LogP contribution in [-0.2, 0) is 16.6 Å². The van der Waals surface area contributed by atoms with Gasteiger partial charge in [-0.3, -0.25) is 0 Å². The summed E-state index contributed by atoms with van der Waals surface area (Å²) in [6, 6.07) is 5.14. The number of hydrogen-bond donors (Lipinski definition) is 2. The molecule has 10 heteroatoms. The molecule has 0 unspecified atom stereocenters. The van der Waals surface area contributed by atoms with Crippen LogP contribution in [0.2, 0.25) is 0 Å². The van der Waals surface area contributed by atoms with E-state index in [4.69, 9.17) is 0 Å². The first-order valence-electron chi connectivity index (χ1n) is 6.71. The molecule has 0 aliphatic heterocycles. The maximum Gasteiger partial charge on any atom is 0.319 e. The van der Waals surface area contributed by atoms with E-state index in [1.165, 1.54) is 20.2 Å². The molecule has 2 aromatic rings. The highest BCUT2D eigenvalue weighted by molar-refractivity contribution is 7.91. The van der Waals surface area contributed by atoms with Crippen LogP contribution in [0, 0.1) is 11.6 Å². The van der Waals surface area contributed by atoms with Crippen molar-refractivity contribution in [3.05, 3.63) is 46.8 Å². The lowest BCUT2D eigenvalue weighted by Gasteiger charge is -2.09. The number of carbonyl (C=O) groups is 1. The van der Waals surface area contributed by atoms with Gasteiger partial charge in [0.1, 0.15) is 15.8 Å². The molecule has 1 heterocycles. The third kappa shape index (κ3) is 4.28. The fourth-order valence-corrected chi connectivity index (χ4v) is 4.16. The molecule has 0 spiro atoms. The minimum absolute atomic E-state index is 0.0717. The van der Waals surface area contributed by atoms with Crippen LogP contribution < -0.4 is 10.6 Å². The number of hydrogen-bond acceptors (Lipinski definition) is 4. The normalized spacial score (nSPS) is 11.5. The van der Waals surface area contributed by atoms with E-state index in [1.807, 2.05) is 0 Å². The van der Waals surface area contributed by atoms with Gasteiger partial charge >= 0.3 is 6.03 Å². The Bertz CT molecular complexity index is 851. The summed E-state index contributed by atoms with van der Waals surface area (Å²) in [6.45, 7) is 0.0717. The molecule has 1 aromatic carbocycles.